The molecule has 3 rings (SSSR count). The van der Waals surface area contributed by atoms with E-state index in [1.54, 1.807) is 37.1 Å². The van der Waals surface area contributed by atoms with E-state index in [0.717, 1.165) is 0 Å². The van der Waals surface area contributed by atoms with E-state index in [4.69, 9.17) is 0 Å². The number of allylic oxidation sites excluding steroid dienone is 1. The van der Waals surface area contributed by atoms with Crippen LogP contribution in [0, 0.1) is 0 Å². The minimum Gasteiger partial charge on any atom is -0.478 e. The van der Waals surface area contributed by atoms with Gasteiger partial charge in [-0.15, -0.1) is 0 Å². The third-order valence-electron chi connectivity index (χ3n) is 3.59. The number of hydrogen-bond acceptors (Lipinski definition) is 4. The third-order valence-corrected chi connectivity index (χ3v) is 3.59. The molecule has 6 heteroatoms. The molecule has 0 radical (unpaired) electrons. The number of carbonyl (C=O) groups is 2. The molecule has 0 unspecified atom stereocenters. The molecule has 0 atom stereocenters. The first kappa shape index (κ1) is 13.1. The van der Waals surface area contributed by atoms with E-state index in [2.05, 4.69) is 10.3 Å². The van der Waals surface area contributed by atoms with Crippen LogP contribution in [0.3, 0.4) is 0 Å². The number of carboxylic acids is 1. The summed E-state index contributed by atoms with van der Waals surface area (Å²) in [6.45, 7) is 1.69. The predicted octanol–water partition coefficient (Wildman–Crippen LogP) is 1.90. The summed E-state index contributed by atoms with van der Waals surface area (Å²) in [5, 5.41) is 12.0. The van der Waals surface area contributed by atoms with Crippen molar-refractivity contribution < 1.29 is 14.7 Å². The van der Waals surface area contributed by atoms with Crippen molar-refractivity contribution in [1.29, 1.82) is 0 Å². The highest BCUT2D eigenvalue weighted by Gasteiger charge is 2.31. The van der Waals surface area contributed by atoms with Crippen molar-refractivity contribution in [1.82, 2.24) is 4.90 Å². The van der Waals surface area contributed by atoms with Gasteiger partial charge in [0, 0.05) is 12.7 Å². The van der Waals surface area contributed by atoms with E-state index < -0.39 is 5.97 Å². The quantitative estimate of drug-likeness (QED) is 0.824. The number of benzene rings is 1. The molecular formula is C15H13N3O3. The zero-order chi connectivity index (χ0) is 15.1. The fraction of sp³-hybridized carbons (Fsp3) is 0.133. The molecule has 106 valence electrons. The Morgan fingerprint density at radius 3 is 2.76 bits per heavy atom. The molecule has 0 saturated heterocycles. The first-order chi connectivity index (χ1) is 9.99. The van der Waals surface area contributed by atoms with E-state index in [9.17, 15) is 14.7 Å². The maximum absolute atomic E-state index is 12.3. The summed E-state index contributed by atoms with van der Waals surface area (Å²) in [6, 6.07) is 7.19. The molecule has 2 heterocycles. The minimum absolute atomic E-state index is 0.0903. The van der Waals surface area contributed by atoms with Crippen molar-refractivity contribution >= 4 is 29.1 Å². The van der Waals surface area contributed by atoms with Gasteiger partial charge in [-0.25, -0.2) is 9.79 Å². The van der Waals surface area contributed by atoms with Gasteiger partial charge >= 0.3 is 5.97 Å². The fourth-order valence-electron chi connectivity index (χ4n) is 2.33. The van der Waals surface area contributed by atoms with Crippen LogP contribution in [-0.2, 0) is 9.59 Å². The third kappa shape index (κ3) is 2.01. The highest BCUT2D eigenvalue weighted by Crippen LogP contribution is 2.32. The molecule has 0 fully saturated rings. The molecule has 2 N–H and O–H groups in total. The van der Waals surface area contributed by atoms with Crippen LogP contribution in [0.5, 0.6) is 0 Å². The van der Waals surface area contributed by atoms with Gasteiger partial charge in [-0.05, 0) is 25.1 Å². The van der Waals surface area contributed by atoms with Crippen LogP contribution >= 0.6 is 0 Å². The highest BCUT2D eigenvalue weighted by atomic mass is 16.4. The van der Waals surface area contributed by atoms with Gasteiger partial charge in [0.15, 0.2) is 0 Å². The standard InChI is InChI=1S/C15H13N3O3/c1-8-9(15(20)21)7-10-13(18(8)2)16-11-5-3-4-6-12(11)17-14(10)19/h3-7H,1-2H3,(H,17,19)(H,20,21). The summed E-state index contributed by atoms with van der Waals surface area (Å²) in [5.74, 6) is -0.989. The molecule has 0 aliphatic carbocycles. The van der Waals surface area contributed by atoms with Crippen LogP contribution in [-0.4, -0.2) is 34.8 Å². The number of aliphatic carboxylic acids is 1. The Morgan fingerprint density at radius 2 is 2.05 bits per heavy atom. The van der Waals surface area contributed by atoms with Crippen molar-refractivity contribution in [3.05, 3.63) is 47.2 Å². The summed E-state index contributed by atoms with van der Waals surface area (Å²) in [6.07, 6.45) is 1.37. The number of rotatable bonds is 1. The average molecular weight is 283 g/mol. The van der Waals surface area contributed by atoms with Crippen LogP contribution < -0.4 is 5.32 Å². The molecule has 0 aromatic heterocycles. The number of likely N-dealkylation sites (N-methyl/N-ethyl adjacent to an activating group) is 1. The van der Waals surface area contributed by atoms with Crippen molar-refractivity contribution in [3.63, 3.8) is 0 Å². The highest BCUT2D eigenvalue weighted by molar-refractivity contribution is 6.28. The average Bonchev–Trinajstić information content (AvgIpc) is 2.59. The zero-order valence-electron chi connectivity index (χ0n) is 11.5. The Morgan fingerprint density at radius 1 is 1.33 bits per heavy atom. The van der Waals surface area contributed by atoms with Crippen molar-refractivity contribution in [2.45, 2.75) is 6.92 Å². The fourth-order valence-corrected chi connectivity index (χ4v) is 2.33. The monoisotopic (exact) mass is 283 g/mol. The smallest absolute Gasteiger partial charge is 0.337 e. The van der Waals surface area contributed by atoms with Gasteiger partial charge < -0.3 is 15.3 Å². The maximum atomic E-state index is 12.3. The summed E-state index contributed by atoms with van der Waals surface area (Å²) in [5.41, 5.74) is 2.12. The molecule has 1 aromatic rings. The number of carboxylic acid groups (broad SMARTS) is 1. The molecule has 1 amide bonds. The number of carbonyl (C=O) groups excluding carboxylic acids is 1. The number of hydrogen-bond donors (Lipinski definition) is 2. The van der Waals surface area contributed by atoms with Gasteiger partial charge in [-0.2, -0.15) is 0 Å². The van der Waals surface area contributed by atoms with Crippen LogP contribution in [0.25, 0.3) is 0 Å². The SMILES string of the molecule is CC1=C(C(=O)O)C=C2C(=O)Nc3ccccc3N=C2N1C. The lowest BCUT2D eigenvalue weighted by atomic mass is 10.0. The van der Waals surface area contributed by atoms with E-state index in [1.807, 2.05) is 6.07 Å². The summed E-state index contributed by atoms with van der Waals surface area (Å²) >= 11 is 0. The zero-order valence-corrected chi connectivity index (χ0v) is 11.5. The van der Waals surface area contributed by atoms with Crippen molar-refractivity contribution in [2.75, 3.05) is 12.4 Å². The number of nitrogens with zero attached hydrogens (tertiary/aromatic N) is 2. The lowest BCUT2D eigenvalue weighted by Crippen LogP contribution is -2.35. The second-order valence-corrected chi connectivity index (χ2v) is 4.83. The van der Waals surface area contributed by atoms with Gasteiger partial charge in [0.1, 0.15) is 5.84 Å². The molecule has 1 aromatic carbocycles. The topological polar surface area (TPSA) is 82.0 Å². The number of amides is 1. The Labute approximate surface area is 121 Å². The van der Waals surface area contributed by atoms with E-state index in [0.29, 0.717) is 22.9 Å². The van der Waals surface area contributed by atoms with E-state index in [-0.39, 0.29) is 17.1 Å². The van der Waals surface area contributed by atoms with Crippen LogP contribution in [0.4, 0.5) is 11.4 Å². The van der Waals surface area contributed by atoms with Crippen molar-refractivity contribution in [3.8, 4) is 0 Å². The number of fused-ring (bicyclic) bond motifs is 2. The largest absolute Gasteiger partial charge is 0.478 e. The Balaban J connectivity index is 2.21. The van der Waals surface area contributed by atoms with Gasteiger partial charge in [0.2, 0.25) is 0 Å². The molecule has 0 saturated carbocycles. The number of amidine groups is 1. The second-order valence-electron chi connectivity index (χ2n) is 4.83. The van der Waals surface area contributed by atoms with Gasteiger partial charge in [0.25, 0.3) is 5.91 Å². The Hall–Kier alpha value is -2.89. The first-order valence-electron chi connectivity index (χ1n) is 6.38. The van der Waals surface area contributed by atoms with Crippen LogP contribution in [0.1, 0.15) is 6.92 Å². The number of aliphatic imine (C=N–C) groups is 1. The molecule has 0 spiro atoms. The van der Waals surface area contributed by atoms with Crippen LogP contribution in [0.2, 0.25) is 0 Å². The number of para-hydroxylation sites is 2. The number of nitrogens with one attached hydrogen (secondary N) is 1. The predicted molar refractivity (Wildman–Crippen MR) is 78.3 cm³/mol. The normalized spacial score (nSPS) is 17.2. The first-order valence-corrected chi connectivity index (χ1v) is 6.38. The minimum atomic E-state index is -1.07. The van der Waals surface area contributed by atoms with E-state index >= 15 is 0 Å². The van der Waals surface area contributed by atoms with Crippen LogP contribution in [0.15, 0.2) is 52.2 Å². The number of anilines is 1. The lowest BCUT2D eigenvalue weighted by molar-refractivity contribution is -0.132. The summed E-state index contributed by atoms with van der Waals surface area (Å²) in [7, 11) is 1.70. The van der Waals surface area contributed by atoms with E-state index in [1.165, 1.54) is 6.08 Å². The molecular weight excluding hydrogens is 270 g/mol. The molecule has 21 heavy (non-hydrogen) atoms. The molecule has 2 aliphatic heterocycles. The van der Waals surface area contributed by atoms with Gasteiger partial charge in [-0.3, -0.25) is 4.79 Å². The summed E-state index contributed by atoms with van der Waals surface area (Å²) < 4.78 is 0. The summed E-state index contributed by atoms with van der Waals surface area (Å²) in [4.78, 5) is 29.8. The molecule has 0 bridgehead atoms. The van der Waals surface area contributed by atoms with Crippen molar-refractivity contribution in [2.24, 2.45) is 4.99 Å². The molecule has 2 aliphatic rings. The Kier molecular flexibility index (Phi) is 2.86. The lowest BCUT2D eigenvalue weighted by Gasteiger charge is -2.27. The Bertz CT molecular complexity index is 759. The molecule has 6 nitrogen and oxygen atoms in total. The maximum Gasteiger partial charge on any atom is 0.337 e. The van der Waals surface area contributed by atoms with Gasteiger partial charge in [0.05, 0.1) is 22.5 Å². The van der Waals surface area contributed by atoms with Gasteiger partial charge in [-0.1, -0.05) is 12.1 Å². The second kappa shape index (κ2) is 4.59.